The van der Waals surface area contributed by atoms with Crippen LogP contribution in [0, 0.1) is 20.8 Å². The van der Waals surface area contributed by atoms with Gasteiger partial charge in [-0.2, -0.15) is 0 Å². The fraction of sp³-hybridized carbons (Fsp3) is 0.200. The highest BCUT2D eigenvalue weighted by Gasteiger charge is 2.11. The molecule has 2 rings (SSSR count). The summed E-state index contributed by atoms with van der Waals surface area (Å²) in [4.78, 5) is 16.3. The largest absolute Gasteiger partial charge is 0.289 e. The van der Waals surface area contributed by atoms with Gasteiger partial charge in [-0.15, -0.1) is 0 Å². The number of aromatic nitrogens is 1. The smallest absolute Gasteiger partial charge is 0.193 e. The first-order chi connectivity index (χ1) is 8.08. The standard InChI is InChI=1S/C15H15NO/c1-10-6-11(2)8-13(7-10)15(17)14-4-5-16-9-12(14)3/h4-9H,1-3H3. The molecule has 0 atom stereocenters. The van der Waals surface area contributed by atoms with E-state index >= 15 is 0 Å². The second kappa shape index (κ2) is 4.50. The zero-order valence-electron chi connectivity index (χ0n) is 10.3. The number of ketones is 1. The van der Waals surface area contributed by atoms with Crippen molar-refractivity contribution in [2.45, 2.75) is 20.8 Å². The summed E-state index contributed by atoms with van der Waals surface area (Å²) >= 11 is 0. The van der Waals surface area contributed by atoms with Crippen LogP contribution in [0.15, 0.2) is 36.7 Å². The molecule has 0 amide bonds. The number of nitrogens with zero attached hydrogens (tertiary/aromatic N) is 1. The Balaban J connectivity index is 2.48. The summed E-state index contributed by atoms with van der Waals surface area (Å²) in [6.07, 6.45) is 3.37. The van der Waals surface area contributed by atoms with E-state index in [-0.39, 0.29) is 5.78 Å². The van der Waals surface area contributed by atoms with Gasteiger partial charge in [0.05, 0.1) is 0 Å². The van der Waals surface area contributed by atoms with Gasteiger partial charge in [0, 0.05) is 23.5 Å². The third-order valence-corrected chi connectivity index (χ3v) is 2.75. The van der Waals surface area contributed by atoms with Crippen LogP contribution in [0.25, 0.3) is 0 Å². The summed E-state index contributed by atoms with van der Waals surface area (Å²) in [6, 6.07) is 7.69. The van der Waals surface area contributed by atoms with Crippen molar-refractivity contribution in [2.75, 3.05) is 0 Å². The zero-order valence-corrected chi connectivity index (χ0v) is 10.3. The number of carbonyl (C=O) groups is 1. The molecule has 0 N–H and O–H groups in total. The second-order valence-electron chi connectivity index (χ2n) is 4.40. The van der Waals surface area contributed by atoms with Crippen LogP contribution in [-0.2, 0) is 0 Å². The van der Waals surface area contributed by atoms with E-state index < -0.39 is 0 Å². The van der Waals surface area contributed by atoms with E-state index in [4.69, 9.17) is 0 Å². The fourth-order valence-corrected chi connectivity index (χ4v) is 1.99. The monoisotopic (exact) mass is 225 g/mol. The quantitative estimate of drug-likeness (QED) is 0.734. The van der Waals surface area contributed by atoms with Crippen LogP contribution in [0.4, 0.5) is 0 Å². The van der Waals surface area contributed by atoms with Crippen molar-refractivity contribution in [2.24, 2.45) is 0 Å². The molecule has 17 heavy (non-hydrogen) atoms. The molecule has 0 aliphatic rings. The summed E-state index contributed by atoms with van der Waals surface area (Å²) in [5, 5.41) is 0. The Bertz CT molecular complexity index is 553. The maximum absolute atomic E-state index is 12.3. The van der Waals surface area contributed by atoms with Crippen LogP contribution in [-0.4, -0.2) is 10.8 Å². The molecule has 2 nitrogen and oxygen atoms in total. The molecule has 0 saturated heterocycles. The Morgan fingerprint density at radius 3 is 2.29 bits per heavy atom. The summed E-state index contributed by atoms with van der Waals surface area (Å²) in [7, 11) is 0. The lowest BCUT2D eigenvalue weighted by Crippen LogP contribution is -2.04. The third-order valence-electron chi connectivity index (χ3n) is 2.75. The van der Waals surface area contributed by atoms with Crippen molar-refractivity contribution in [1.29, 1.82) is 0 Å². The summed E-state index contributed by atoms with van der Waals surface area (Å²) in [5.74, 6) is 0.0664. The van der Waals surface area contributed by atoms with E-state index in [1.165, 1.54) is 0 Å². The van der Waals surface area contributed by atoms with E-state index in [2.05, 4.69) is 11.1 Å². The normalized spacial score (nSPS) is 10.3. The van der Waals surface area contributed by atoms with Gasteiger partial charge >= 0.3 is 0 Å². The highest BCUT2D eigenvalue weighted by molar-refractivity contribution is 6.09. The van der Waals surface area contributed by atoms with Crippen molar-refractivity contribution in [3.8, 4) is 0 Å². The highest BCUT2D eigenvalue weighted by atomic mass is 16.1. The minimum atomic E-state index is 0.0664. The molecule has 0 bridgehead atoms. The first-order valence-electron chi connectivity index (χ1n) is 5.61. The third kappa shape index (κ3) is 2.41. The molecule has 0 aliphatic carbocycles. The van der Waals surface area contributed by atoms with Gasteiger partial charge in [0.15, 0.2) is 5.78 Å². The topological polar surface area (TPSA) is 30.0 Å². The van der Waals surface area contributed by atoms with E-state index in [0.717, 1.165) is 27.8 Å². The Morgan fingerprint density at radius 2 is 1.71 bits per heavy atom. The molecule has 2 heteroatoms. The summed E-state index contributed by atoms with van der Waals surface area (Å²) < 4.78 is 0. The number of carbonyl (C=O) groups excluding carboxylic acids is 1. The number of hydrogen-bond acceptors (Lipinski definition) is 2. The molecule has 86 valence electrons. The van der Waals surface area contributed by atoms with E-state index in [9.17, 15) is 4.79 Å². The Hall–Kier alpha value is -1.96. The van der Waals surface area contributed by atoms with Crippen LogP contribution in [0.5, 0.6) is 0 Å². The van der Waals surface area contributed by atoms with Crippen molar-refractivity contribution in [1.82, 2.24) is 4.98 Å². The first-order valence-corrected chi connectivity index (χ1v) is 5.61. The molecule has 0 saturated carbocycles. The summed E-state index contributed by atoms with van der Waals surface area (Å²) in [5.41, 5.74) is 4.61. The van der Waals surface area contributed by atoms with Crippen molar-refractivity contribution in [3.05, 3.63) is 64.5 Å². The van der Waals surface area contributed by atoms with Gasteiger partial charge in [-0.25, -0.2) is 0 Å². The predicted molar refractivity (Wildman–Crippen MR) is 68.3 cm³/mol. The lowest BCUT2D eigenvalue weighted by atomic mass is 9.98. The van der Waals surface area contributed by atoms with Gasteiger partial charge in [0.2, 0.25) is 0 Å². The molecule has 0 fully saturated rings. The van der Waals surface area contributed by atoms with Gasteiger partial charge in [-0.1, -0.05) is 17.2 Å². The zero-order chi connectivity index (χ0) is 12.4. The molecule has 0 radical (unpaired) electrons. The molecule has 1 heterocycles. The van der Waals surface area contributed by atoms with Crippen LogP contribution in [0.1, 0.15) is 32.6 Å². The van der Waals surface area contributed by atoms with Crippen LogP contribution < -0.4 is 0 Å². The van der Waals surface area contributed by atoms with E-state index in [0.29, 0.717) is 0 Å². The van der Waals surface area contributed by atoms with E-state index in [1.54, 1.807) is 18.5 Å². The Morgan fingerprint density at radius 1 is 1.06 bits per heavy atom. The number of rotatable bonds is 2. The fourth-order valence-electron chi connectivity index (χ4n) is 1.99. The molecule has 1 aromatic carbocycles. The SMILES string of the molecule is Cc1cc(C)cc(C(=O)c2ccncc2C)c1. The molecular weight excluding hydrogens is 210 g/mol. The molecule has 0 unspecified atom stereocenters. The predicted octanol–water partition coefficient (Wildman–Crippen LogP) is 3.24. The second-order valence-corrected chi connectivity index (χ2v) is 4.40. The maximum Gasteiger partial charge on any atom is 0.193 e. The van der Waals surface area contributed by atoms with Gasteiger partial charge in [0.1, 0.15) is 0 Å². The number of aryl methyl sites for hydroxylation is 3. The van der Waals surface area contributed by atoms with Gasteiger partial charge < -0.3 is 0 Å². The highest BCUT2D eigenvalue weighted by Crippen LogP contribution is 2.15. The summed E-state index contributed by atoms with van der Waals surface area (Å²) in [6.45, 7) is 5.91. The number of benzene rings is 1. The van der Waals surface area contributed by atoms with E-state index in [1.807, 2.05) is 32.9 Å². The van der Waals surface area contributed by atoms with Crippen molar-refractivity contribution < 1.29 is 4.79 Å². The molecular formula is C15H15NO. The number of hydrogen-bond donors (Lipinski definition) is 0. The molecule has 1 aromatic heterocycles. The molecule has 0 aliphatic heterocycles. The minimum absolute atomic E-state index is 0.0664. The van der Waals surface area contributed by atoms with Crippen LogP contribution in [0.3, 0.4) is 0 Å². The van der Waals surface area contributed by atoms with Gasteiger partial charge in [-0.05, 0) is 44.5 Å². The molecule has 2 aromatic rings. The van der Waals surface area contributed by atoms with Crippen molar-refractivity contribution >= 4 is 5.78 Å². The average Bonchev–Trinajstić information content (AvgIpc) is 2.27. The van der Waals surface area contributed by atoms with Gasteiger partial charge in [-0.3, -0.25) is 9.78 Å². The minimum Gasteiger partial charge on any atom is -0.289 e. The Kier molecular flexibility index (Phi) is 3.05. The lowest BCUT2D eigenvalue weighted by molar-refractivity contribution is 0.103. The van der Waals surface area contributed by atoms with Crippen LogP contribution >= 0.6 is 0 Å². The maximum atomic E-state index is 12.3. The molecule has 0 spiro atoms. The van der Waals surface area contributed by atoms with Crippen LogP contribution in [0.2, 0.25) is 0 Å². The van der Waals surface area contributed by atoms with Gasteiger partial charge in [0.25, 0.3) is 0 Å². The Labute approximate surface area is 101 Å². The average molecular weight is 225 g/mol. The van der Waals surface area contributed by atoms with Crippen molar-refractivity contribution in [3.63, 3.8) is 0 Å². The first kappa shape index (κ1) is 11.5. The lowest BCUT2D eigenvalue weighted by Gasteiger charge is -2.06. The number of pyridine rings is 1.